The maximum absolute atomic E-state index is 11.4. The lowest BCUT2D eigenvalue weighted by Crippen LogP contribution is -2.36. The molecular formula is C15H30N2O4. The molecule has 0 saturated heterocycles. The number of ether oxygens (including phenoxy) is 2. The van der Waals surface area contributed by atoms with E-state index >= 15 is 0 Å². The Balaban J connectivity index is 3.63. The molecule has 0 bridgehead atoms. The topological polar surface area (TPSA) is 67.9 Å². The molecule has 0 heterocycles. The van der Waals surface area contributed by atoms with E-state index in [1.54, 1.807) is 0 Å². The van der Waals surface area contributed by atoms with Gasteiger partial charge in [-0.1, -0.05) is 13.8 Å². The Kier molecular flexibility index (Phi) is 13.6. The summed E-state index contributed by atoms with van der Waals surface area (Å²) in [6, 6.07) is 0. The van der Waals surface area contributed by atoms with E-state index < -0.39 is 0 Å². The summed E-state index contributed by atoms with van der Waals surface area (Å²) in [5.74, 6) is 0.202. The lowest BCUT2D eigenvalue weighted by atomic mass is 10.2. The lowest BCUT2D eigenvalue weighted by molar-refractivity contribution is -0.122. The maximum Gasteiger partial charge on any atom is 0.146 e. The number of nitrogens with zero attached hydrogens (tertiary/aromatic N) is 1. The van der Waals surface area contributed by atoms with Crippen LogP contribution in [-0.4, -0.2) is 75.6 Å². The van der Waals surface area contributed by atoms with E-state index in [0.717, 1.165) is 13.1 Å². The number of hydrogen-bond donors (Lipinski definition) is 1. The van der Waals surface area contributed by atoms with Crippen LogP contribution in [0, 0.1) is 0 Å². The zero-order valence-corrected chi connectivity index (χ0v) is 13.7. The number of carbonyl (C=O) groups excluding carboxylic acids is 2. The van der Waals surface area contributed by atoms with Crippen LogP contribution in [0.1, 0.15) is 27.2 Å². The highest BCUT2D eigenvalue weighted by Crippen LogP contribution is 1.93. The summed E-state index contributed by atoms with van der Waals surface area (Å²) in [4.78, 5) is 24.4. The van der Waals surface area contributed by atoms with Crippen LogP contribution in [0.3, 0.4) is 0 Å². The van der Waals surface area contributed by atoms with Crippen LogP contribution in [0.15, 0.2) is 0 Å². The Hall–Kier alpha value is -0.820. The number of Topliss-reactive ketones (excluding diaryl/α,β-unsaturated/α-hetero) is 2. The molecule has 0 aliphatic carbocycles. The molecule has 21 heavy (non-hydrogen) atoms. The van der Waals surface area contributed by atoms with Gasteiger partial charge in [-0.3, -0.25) is 14.5 Å². The van der Waals surface area contributed by atoms with Crippen LogP contribution in [-0.2, 0) is 19.1 Å². The minimum absolute atomic E-state index is 0.0608. The molecule has 0 aliphatic rings. The van der Waals surface area contributed by atoms with E-state index in [4.69, 9.17) is 9.47 Å². The molecule has 6 nitrogen and oxygen atoms in total. The Morgan fingerprint density at radius 1 is 1.00 bits per heavy atom. The molecule has 0 aromatic heterocycles. The van der Waals surface area contributed by atoms with E-state index in [1.807, 2.05) is 11.8 Å². The van der Waals surface area contributed by atoms with E-state index in [-0.39, 0.29) is 11.6 Å². The molecule has 0 atom stereocenters. The van der Waals surface area contributed by atoms with Crippen molar-refractivity contribution in [1.29, 1.82) is 0 Å². The second kappa shape index (κ2) is 14.1. The first kappa shape index (κ1) is 20.2. The van der Waals surface area contributed by atoms with Gasteiger partial charge in [-0.2, -0.15) is 0 Å². The van der Waals surface area contributed by atoms with Gasteiger partial charge in [0.05, 0.1) is 39.5 Å². The van der Waals surface area contributed by atoms with Crippen molar-refractivity contribution in [2.45, 2.75) is 27.2 Å². The summed E-state index contributed by atoms with van der Waals surface area (Å²) in [5, 5.41) is 3.17. The third-order valence-corrected chi connectivity index (χ3v) is 2.84. The van der Waals surface area contributed by atoms with Gasteiger partial charge in [0, 0.05) is 19.5 Å². The Morgan fingerprint density at radius 2 is 1.67 bits per heavy atom. The molecule has 124 valence electrons. The Bertz CT molecular complexity index is 285. The number of hydrogen-bond acceptors (Lipinski definition) is 6. The molecule has 0 rings (SSSR count). The van der Waals surface area contributed by atoms with Gasteiger partial charge >= 0.3 is 0 Å². The first-order valence-corrected chi connectivity index (χ1v) is 7.69. The SMILES string of the molecule is CCNCCOCCOCCN(CC(C)=O)CC(=O)CC. The van der Waals surface area contributed by atoms with Gasteiger partial charge in [0.25, 0.3) is 0 Å². The van der Waals surface area contributed by atoms with Crippen LogP contribution >= 0.6 is 0 Å². The van der Waals surface area contributed by atoms with Crippen molar-refractivity contribution in [3.05, 3.63) is 0 Å². The van der Waals surface area contributed by atoms with E-state index in [0.29, 0.717) is 52.5 Å². The molecule has 0 spiro atoms. The third-order valence-electron chi connectivity index (χ3n) is 2.84. The smallest absolute Gasteiger partial charge is 0.146 e. The Morgan fingerprint density at radius 3 is 2.24 bits per heavy atom. The summed E-state index contributed by atoms with van der Waals surface area (Å²) < 4.78 is 10.8. The fraction of sp³-hybridized carbons (Fsp3) is 0.867. The Labute approximate surface area is 128 Å². The van der Waals surface area contributed by atoms with Crippen LogP contribution in [0.4, 0.5) is 0 Å². The van der Waals surface area contributed by atoms with Gasteiger partial charge in [-0.25, -0.2) is 0 Å². The summed E-state index contributed by atoms with van der Waals surface area (Å²) in [6.07, 6.45) is 0.495. The largest absolute Gasteiger partial charge is 0.378 e. The summed E-state index contributed by atoms with van der Waals surface area (Å²) in [7, 11) is 0. The van der Waals surface area contributed by atoms with Gasteiger partial charge in [0.2, 0.25) is 0 Å². The second-order valence-electron chi connectivity index (χ2n) is 4.88. The normalized spacial score (nSPS) is 11.0. The summed E-state index contributed by atoms with van der Waals surface area (Å²) >= 11 is 0. The molecule has 0 aromatic carbocycles. The molecule has 0 aliphatic heterocycles. The summed E-state index contributed by atoms with van der Waals surface area (Å²) in [5.41, 5.74) is 0. The molecule has 0 amide bonds. The molecule has 0 radical (unpaired) electrons. The zero-order valence-electron chi connectivity index (χ0n) is 13.7. The van der Waals surface area contributed by atoms with Crippen molar-refractivity contribution in [3.8, 4) is 0 Å². The van der Waals surface area contributed by atoms with Crippen LogP contribution in [0.2, 0.25) is 0 Å². The minimum atomic E-state index is 0.0608. The van der Waals surface area contributed by atoms with Gasteiger partial charge in [-0.05, 0) is 13.5 Å². The maximum atomic E-state index is 11.4. The molecule has 1 N–H and O–H groups in total. The van der Waals surface area contributed by atoms with Crippen LogP contribution in [0.25, 0.3) is 0 Å². The predicted octanol–water partition coefficient (Wildman–Crippen LogP) is 0.499. The average Bonchev–Trinajstić information content (AvgIpc) is 2.44. The van der Waals surface area contributed by atoms with Crippen molar-refractivity contribution in [2.75, 3.05) is 59.2 Å². The first-order valence-electron chi connectivity index (χ1n) is 7.69. The van der Waals surface area contributed by atoms with Crippen molar-refractivity contribution in [1.82, 2.24) is 10.2 Å². The minimum Gasteiger partial charge on any atom is -0.378 e. The second-order valence-corrected chi connectivity index (χ2v) is 4.88. The van der Waals surface area contributed by atoms with Crippen molar-refractivity contribution in [2.24, 2.45) is 0 Å². The number of ketones is 2. The van der Waals surface area contributed by atoms with E-state index in [9.17, 15) is 9.59 Å². The highest BCUT2D eigenvalue weighted by Gasteiger charge is 2.11. The average molecular weight is 302 g/mol. The fourth-order valence-electron chi connectivity index (χ4n) is 1.73. The van der Waals surface area contributed by atoms with Gasteiger partial charge in [0.1, 0.15) is 11.6 Å². The van der Waals surface area contributed by atoms with Crippen molar-refractivity contribution < 1.29 is 19.1 Å². The lowest BCUT2D eigenvalue weighted by Gasteiger charge is -2.19. The van der Waals surface area contributed by atoms with Crippen LogP contribution < -0.4 is 5.32 Å². The fourth-order valence-corrected chi connectivity index (χ4v) is 1.73. The number of likely N-dealkylation sites (N-methyl/N-ethyl adjacent to an activating group) is 1. The zero-order chi connectivity index (χ0) is 15.9. The first-order chi connectivity index (χ1) is 10.1. The quantitative estimate of drug-likeness (QED) is 0.444. The molecule has 6 heteroatoms. The number of nitrogens with one attached hydrogen (secondary N) is 1. The monoisotopic (exact) mass is 302 g/mol. The highest BCUT2D eigenvalue weighted by molar-refractivity contribution is 5.82. The molecule has 0 saturated carbocycles. The van der Waals surface area contributed by atoms with E-state index in [1.165, 1.54) is 6.92 Å². The van der Waals surface area contributed by atoms with Crippen molar-refractivity contribution in [3.63, 3.8) is 0 Å². The van der Waals surface area contributed by atoms with Crippen LogP contribution in [0.5, 0.6) is 0 Å². The summed E-state index contributed by atoms with van der Waals surface area (Å²) in [6.45, 7) is 10.7. The molecule has 0 unspecified atom stereocenters. The predicted molar refractivity (Wildman–Crippen MR) is 82.6 cm³/mol. The molecule has 0 fully saturated rings. The third kappa shape index (κ3) is 13.9. The standard InChI is InChI=1S/C15H30N2O4/c1-4-15(19)13-17(12-14(3)18)7-9-21-11-10-20-8-6-16-5-2/h16H,4-13H2,1-3H3. The van der Waals surface area contributed by atoms with Gasteiger partial charge in [-0.15, -0.1) is 0 Å². The van der Waals surface area contributed by atoms with Gasteiger partial charge < -0.3 is 14.8 Å². The van der Waals surface area contributed by atoms with E-state index in [2.05, 4.69) is 12.2 Å². The van der Waals surface area contributed by atoms with Crippen molar-refractivity contribution >= 4 is 11.6 Å². The number of carbonyl (C=O) groups is 2. The molecular weight excluding hydrogens is 272 g/mol. The molecule has 0 aromatic rings. The van der Waals surface area contributed by atoms with Gasteiger partial charge in [0.15, 0.2) is 0 Å². The highest BCUT2D eigenvalue weighted by atomic mass is 16.5. The number of rotatable bonds is 15.